The number of carbonyl (C=O) groups is 3. The zero-order valence-electron chi connectivity index (χ0n) is 15.1. The molecule has 134 valence electrons. The van der Waals surface area contributed by atoms with Gasteiger partial charge in [-0.05, 0) is 24.7 Å². The van der Waals surface area contributed by atoms with Gasteiger partial charge in [-0.1, -0.05) is 33.1 Å². The summed E-state index contributed by atoms with van der Waals surface area (Å²) in [5, 5.41) is 0. The molecule has 0 aromatic rings. The van der Waals surface area contributed by atoms with Crippen LogP contribution in [0.5, 0.6) is 0 Å². The molecule has 1 atom stereocenters. The number of unbranched alkanes of at least 4 members (excludes halogenated alkanes) is 1. The zero-order chi connectivity index (χ0) is 17.7. The molecule has 0 N–H and O–H groups in total. The van der Waals surface area contributed by atoms with Gasteiger partial charge in [0.05, 0.1) is 13.2 Å². The summed E-state index contributed by atoms with van der Waals surface area (Å²) in [4.78, 5) is 33.1. The Morgan fingerprint density at radius 1 is 1.04 bits per heavy atom. The lowest BCUT2D eigenvalue weighted by Crippen LogP contribution is -2.25. The third-order valence-corrected chi connectivity index (χ3v) is 4.45. The van der Waals surface area contributed by atoms with Crippen LogP contribution < -0.4 is 0 Å². The second-order valence-electron chi connectivity index (χ2n) is 6.34. The first-order chi connectivity index (χ1) is 10.9. The standard InChI is InChI=1S/C18H32O5/c1-5-7-9-18(6-2,11-12-19)10-8-17(13-22-15(3)20)14-23-16(4)21/h12,17H,5-11,13-14H2,1-4H3. The molecule has 0 aromatic heterocycles. The van der Waals surface area contributed by atoms with Crippen LogP contribution in [0.4, 0.5) is 0 Å². The second-order valence-corrected chi connectivity index (χ2v) is 6.34. The molecule has 0 saturated heterocycles. The molecular formula is C18H32O5. The Balaban J connectivity index is 4.72. The molecule has 0 radical (unpaired) electrons. The molecule has 0 aliphatic heterocycles. The molecule has 0 saturated carbocycles. The van der Waals surface area contributed by atoms with Crippen molar-refractivity contribution in [1.82, 2.24) is 0 Å². The van der Waals surface area contributed by atoms with E-state index in [1.807, 2.05) is 0 Å². The van der Waals surface area contributed by atoms with E-state index in [1.165, 1.54) is 13.8 Å². The number of ether oxygens (including phenoxy) is 2. The topological polar surface area (TPSA) is 69.7 Å². The Bertz CT molecular complexity index is 348. The molecule has 0 spiro atoms. The molecule has 0 heterocycles. The summed E-state index contributed by atoms with van der Waals surface area (Å²) in [5.74, 6) is -0.695. The summed E-state index contributed by atoms with van der Waals surface area (Å²) in [6.07, 6.45) is 7.36. The van der Waals surface area contributed by atoms with Crippen LogP contribution in [-0.2, 0) is 23.9 Å². The van der Waals surface area contributed by atoms with Gasteiger partial charge in [-0.3, -0.25) is 9.59 Å². The van der Waals surface area contributed by atoms with Crippen LogP contribution in [0.1, 0.15) is 72.6 Å². The van der Waals surface area contributed by atoms with E-state index >= 15 is 0 Å². The maximum absolute atomic E-state index is 11.1. The lowest BCUT2D eigenvalue weighted by molar-refractivity contribution is -0.146. The van der Waals surface area contributed by atoms with Gasteiger partial charge in [-0.2, -0.15) is 0 Å². The van der Waals surface area contributed by atoms with Crippen LogP contribution >= 0.6 is 0 Å². The van der Waals surface area contributed by atoms with Crippen molar-refractivity contribution in [1.29, 1.82) is 0 Å². The summed E-state index contributed by atoms with van der Waals surface area (Å²) < 4.78 is 10.2. The number of rotatable bonds is 13. The molecule has 0 fully saturated rings. The van der Waals surface area contributed by atoms with Crippen LogP contribution in [-0.4, -0.2) is 31.4 Å². The maximum Gasteiger partial charge on any atom is 0.302 e. The van der Waals surface area contributed by atoms with Crippen LogP contribution in [0, 0.1) is 11.3 Å². The highest BCUT2D eigenvalue weighted by Crippen LogP contribution is 2.38. The summed E-state index contributed by atoms with van der Waals surface area (Å²) in [5.41, 5.74) is 0.00244. The summed E-state index contributed by atoms with van der Waals surface area (Å²) >= 11 is 0. The van der Waals surface area contributed by atoms with Gasteiger partial charge in [0.2, 0.25) is 0 Å². The fraction of sp³-hybridized carbons (Fsp3) is 0.833. The number of carbonyl (C=O) groups excluding carboxylic acids is 3. The van der Waals surface area contributed by atoms with E-state index in [2.05, 4.69) is 13.8 Å². The summed E-state index contributed by atoms with van der Waals surface area (Å²) in [6, 6.07) is 0. The fourth-order valence-electron chi connectivity index (χ4n) is 2.75. The first-order valence-corrected chi connectivity index (χ1v) is 8.59. The van der Waals surface area contributed by atoms with E-state index < -0.39 is 0 Å². The van der Waals surface area contributed by atoms with E-state index in [4.69, 9.17) is 9.47 Å². The lowest BCUT2D eigenvalue weighted by atomic mass is 9.73. The Morgan fingerprint density at radius 3 is 2.00 bits per heavy atom. The molecular weight excluding hydrogens is 296 g/mol. The van der Waals surface area contributed by atoms with Gasteiger partial charge in [-0.25, -0.2) is 0 Å². The molecule has 0 bridgehead atoms. The predicted molar refractivity (Wildman–Crippen MR) is 88.9 cm³/mol. The first-order valence-electron chi connectivity index (χ1n) is 8.59. The molecule has 1 unspecified atom stereocenters. The minimum Gasteiger partial charge on any atom is -0.465 e. The third-order valence-electron chi connectivity index (χ3n) is 4.45. The van der Waals surface area contributed by atoms with Gasteiger partial charge in [0, 0.05) is 26.2 Å². The van der Waals surface area contributed by atoms with Crippen LogP contribution in [0.2, 0.25) is 0 Å². The normalized spacial score (nSPS) is 13.4. The Morgan fingerprint density at radius 2 is 1.61 bits per heavy atom. The average molecular weight is 328 g/mol. The SMILES string of the molecule is CCCCC(CC)(CC=O)CCC(COC(C)=O)COC(C)=O. The van der Waals surface area contributed by atoms with Crippen molar-refractivity contribution >= 4 is 18.2 Å². The van der Waals surface area contributed by atoms with Crippen molar-refractivity contribution in [2.24, 2.45) is 11.3 Å². The van der Waals surface area contributed by atoms with Crippen molar-refractivity contribution in [3.05, 3.63) is 0 Å². The van der Waals surface area contributed by atoms with Gasteiger partial charge in [0.1, 0.15) is 6.29 Å². The highest BCUT2D eigenvalue weighted by atomic mass is 16.5. The average Bonchev–Trinajstić information content (AvgIpc) is 2.51. The van der Waals surface area contributed by atoms with Crippen LogP contribution in [0.25, 0.3) is 0 Å². The molecule has 0 aliphatic carbocycles. The minimum absolute atomic E-state index is 0.00244. The van der Waals surface area contributed by atoms with E-state index in [1.54, 1.807) is 0 Å². The predicted octanol–water partition coefficient (Wildman–Crippen LogP) is 3.68. The highest BCUT2D eigenvalue weighted by molar-refractivity contribution is 5.66. The molecule has 0 amide bonds. The van der Waals surface area contributed by atoms with Gasteiger partial charge >= 0.3 is 11.9 Å². The molecule has 0 aliphatic rings. The number of aldehydes is 1. The largest absolute Gasteiger partial charge is 0.465 e. The number of esters is 2. The Kier molecular flexibility index (Phi) is 11.4. The van der Waals surface area contributed by atoms with Gasteiger partial charge in [-0.15, -0.1) is 0 Å². The van der Waals surface area contributed by atoms with E-state index in [0.717, 1.165) is 44.8 Å². The number of hydrogen-bond donors (Lipinski definition) is 0. The Labute approximate surface area is 140 Å². The smallest absolute Gasteiger partial charge is 0.302 e. The molecule has 0 rings (SSSR count). The molecule has 5 nitrogen and oxygen atoms in total. The zero-order valence-corrected chi connectivity index (χ0v) is 15.1. The van der Waals surface area contributed by atoms with Crippen LogP contribution in [0.3, 0.4) is 0 Å². The quantitative estimate of drug-likeness (QED) is 0.381. The van der Waals surface area contributed by atoms with E-state index in [0.29, 0.717) is 6.42 Å². The summed E-state index contributed by atoms with van der Waals surface area (Å²) in [6.45, 7) is 7.49. The third kappa shape index (κ3) is 10.1. The van der Waals surface area contributed by atoms with Gasteiger partial charge < -0.3 is 14.3 Å². The summed E-state index contributed by atoms with van der Waals surface area (Å²) in [7, 11) is 0. The van der Waals surface area contributed by atoms with Crippen molar-refractivity contribution in [2.45, 2.75) is 72.6 Å². The molecule has 23 heavy (non-hydrogen) atoms. The molecule has 0 aromatic carbocycles. The van der Waals surface area contributed by atoms with Crippen molar-refractivity contribution in [3.8, 4) is 0 Å². The first kappa shape index (κ1) is 21.6. The van der Waals surface area contributed by atoms with Gasteiger partial charge in [0.15, 0.2) is 0 Å². The number of hydrogen-bond acceptors (Lipinski definition) is 5. The maximum atomic E-state index is 11.1. The minimum atomic E-state index is -0.335. The van der Waals surface area contributed by atoms with E-state index in [9.17, 15) is 14.4 Å². The Hall–Kier alpha value is -1.39. The lowest BCUT2D eigenvalue weighted by Gasteiger charge is -2.32. The van der Waals surface area contributed by atoms with E-state index in [-0.39, 0.29) is 36.5 Å². The molecule has 5 heteroatoms. The van der Waals surface area contributed by atoms with Gasteiger partial charge in [0.25, 0.3) is 0 Å². The van der Waals surface area contributed by atoms with Crippen molar-refractivity contribution in [3.63, 3.8) is 0 Å². The van der Waals surface area contributed by atoms with Crippen molar-refractivity contribution < 1.29 is 23.9 Å². The monoisotopic (exact) mass is 328 g/mol. The van der Waals surface area contributed by atoms with Crippen molar-refractivity contribution in [2.75, 3.05) is 13.2 Å². The fourth-order valence-corrected chi connectivity index (χ4v) is 2.75. The van der Waals surface area contributed by atoms with Crippen LogP contribution in [0.15, 0.2) is 0 Å². The second kappa shape index (κ2) is 12.1. The highest BCUT2D eigenvalue weighted by Gasteiger charge is 2.28.